The van der Waals surface area contributed by atoms with E-state index < -0.39 is 0 Å². The lowest BCUT2D eigenvalue weighted by Gasteiger charge is -2.22. The highest BCUT2D eigenvalue weighted by Crippen LogP contribution is 2.37. The molecule has 0 unspecified atom stereocenters. The van der Waals surface area contributed by atoms with Crippen molar-refractivity contribution in [2.24, 2.45) is 0 Å². The van der Waals surface area contributed by atoms with Gasteiger partial charge < -0.3 is 10.6 Å². The van der Waals surface area contributed by atoms with Crippen LogP contribution in [-0.4, -0.2) is 22.0 Å². The maximum Gasteiger partial charge on any atom is 0.230 e. The first-order valence-electron chi connectivity index (χ1n) is 8.79. The highest BCUT2D eigenvalue weighted by molar-refractivity contribution is 7.80. The van der Waals surface area contributed by atoms with Crippen LogP contribution >= 0.6 is 35.2 Å². The molecule has 2 rings (SSSR count). The van der Waals surface area contributed by atoms with Crippen LogP contribution in [0, 0.1) is 13.8 Å². The number of thiazole rings is 1. The second kappa shape index (κ2) is 9.48. The topological polar surface area (TPSA) is 57.3 Å². The van der Waals surface area contributed by atoms with Crippen LogP contribution in [0.4, 0.5) is 10.8 Å². The summed E-state index contributed by atoms with van der Waals surface area (Å²) in [6.07, 6.45) is 0.993. The highest BCUT2D eigenvalue weighted by Gasteiger charge is 2.22. The standard InChI is InChI=1S/C19H25ClN4OS2/c1-6-13(4)22-18(26)21-9-15-10-27-19(23-15)24(14(5)25)17-12(3)7-11(2)8-16(17)20/h7-8,10,13H,6,9H2,1-5H3,(H2,21,22,26)/t13-/m1/s1. The van der Waals surface area contributed by atoms with Crippen LogP contribution in [0.2, 0.25) is 5.02 Å². The summed E-state index contributed by atoms with van der Waals surface area (Å²) in [6, 6.07) is 4.18. The SMILES string of the molecule is CC[C@@H](C)NC(=S)NCc1csc(N(C(C)=O)c2c(C)cc(C)cc2Cl)n1. The number of halogens is 1. The number of carbonyl (C=O) groups is 1. The molecule has 5 nitrogen and oxygen atoms in total. The van der Waals surface area contributed by atoms with Gasteiger partial charge in [0.15, 0.2) is 10.2 Å². The van der Waals surface area contributed by atoms with Crippen molar-refractivity contribution in [3.05, 3.63) is 39.4 Å². The molecule has 0 saturated heterocycles. The van der Waals surface area contributed by atoms with Gasteiger partial charge >= 0.3 is 0 Å². The summed E-state index contributed by atoms with van der Waals surface area (Å²) in [5, 5.41) is 10.0. The van der Waals surface area contributed by atoms with Gasteiger partial charge in [-0.2, -0.15) is 0 Å². The molecule has 1 aromatic heterocycles. The van der Waals surface area contributed by atoms with Crippen LogP contribution in [0.25, 0.3) is 0 Å². The van der Waals surface area contributed by atoms with Gasteiger partial charge in [0.2, 0.25) is 5.91 Å². The number of anilines is 2. The maximum absolute atomic E-state index is 12.4. The van der Waals surface area contributed by atoms with E-state index in [9.17, 15) is 4.79 Å². The van der Waals surface area contributed by atoms with Crippen molar-refractivity contribution >= 4 is 57.0 Å². The third-order valence-corrected chi connectivity index (χ3v) is 5.51. The molecule has 0 bridgehead atoms. The van der Waals surface area contributed by atoms with E-state index in [2.05, 4.69) is 29.5 Å². The Hall–Kier alpha value is -1.70. The predicted molar refractivity (Wildman–Crippen MR) is 118 cm³/mol. The smallest absolute Gasteiger partial charge is 0.230 e. The average Bonchev–Trinajstić information content (AvgIpc) is 3.03. The molecule has 2 aromatic rings. The molecular weight excluding hydrogens is 400 g/mol. The molecule has 0 radical (unpaired) electrons. The molecule has 1 amide bonds. The van der Waals surface area contributed by atoms with E-state index in [0.717, 1.165) is 23.2 Å². The monoisotopic (exact) mass is 424 g/mol. The number of hydrogen-bond acceptors (Lipinski definition) is 4. The number of aromatic nitrogens is 1. The number of rotatable bonds is 6. The third kappa shape index (κ3) is 5.64. The molecule has 8 heteroatoms. The highest BCUT2D eigenvalue weighted by atomic mass is 35.5. The van der Waals surface area contributed by atoms with Crippen molar-refractivity contribution in [3.63, 3.8) is 0 Å². The second-order valence-corrected chi connectivity index (χ2v) is 8.18. The fourth-order valence-corrected chi connectivity index (χ4v) is 4.16. The van der Waals surface area contributed by atoms with Gasteiger partial charge in [-0.05, 0) is 56.6 Å². The zero-order valence-corrected chi connectivity index (χ0v) is 18.6. The number of nitrogens with one attached hydrogen (secondary N) is 2. The van der Waals surface area contributed by atoms with Crippen LogP contribution in [0.5, 0.6) is 0 Å². The number of carbonyl (C=O) groups excluding carboxylic acids is 1. The molecule has 0 aliphatic heterocycles. The normalized spacial score (nSPS) is 11.8. The van der Waals surface area contributed by atoms with Gasteiger partial charge in [0.1, 0.15) is 0 Å². The predicted octanol–water partition coefficient (Wildman–Crippen LogP) is 4.86. The minimum atomic E-state index is -0.133. The van der Waals surface area contributed by atoms with Crippen LogP contribution in [0.15, 0.2) is 17.5 Å². The first kappa shape index (κ1) is 21.6. The van der Waals surface area contributed by atoms with E-state index in [4.69, 9.17) is 23.8 Å². The molecule has 146 valence electrons. The number of hydrogen-bond donors (Lipinski definition) is 2. The van der Waals surface area contributed by atoms with E-state index in [-0.39, 0.29) is 5.91 Å². The number of amides is 1. The van der Waals surface area contributed by atoms with Gasteiger partial charge in [0.05, 0.1) is 22.9 Å². The van der Waals surface area contributed by atoms with Crippen LogP contribution in [0.3, 0.4) is 0 Å². The van der Waals surface area contributed by atoms with Crippen molar-refractivity contribution in [2.45, 2.75) is 53.6 Å². The Morgan fingerprint density at radius 1 is 1.41 bits per heavy atom. The van der Waals surface area contributed by atoms with Crippen molar-refractivity contribution in [1.29, 1.82) is 0 Å². The van der Waals surface area contributed by atoms with Gasteiger partial charge in [-0.25, -0.2) is 4.98 Å². The summed E-state index contributed by atoms with van der Waals surface area (Å²) < 4.78 is 0. The molecular formula is C19H25ClN4OS2. The largest absolute Gasteiger partial charge is 0.360 e. The molecule has 0 spiro atoms. The second-order valence-electron chi connectivity index (χ2n) is 6.52. The fourth-order valence-electron chi connectivity index (χ4n) is 2.61. The summed E-state index contributed by atoms with van der Waals surface area (Å²) in [7, 11) is 0. The number of benzene rings is 1. The number of thiocarbonyl (C=S) groups is 1. The molecule has 0 aliphatic carbocycles. The Bertz CT molecular complexity index is 814. The van der Waals surface area contributed by atoms with Gasteiger partial charge in [0.25, 0.3) is 0 Å². The van der Waals surface area contributed by atoms with E-state index >= 15 is 0 Å². The van der Waals surface area contributed by atoms with Crippen molar-refractivity contribution < 1.29 is 4.79 Å². The average molecular weight is 425 g/mol. The Morgan fingerprint density at radius 2 is 2.11 bits per heavy atom. The summed E-state index contributed by atoms with van der Waals surface area (Å²) >= 11 is 13.1. The molecule has 0 aliphatic rings. The van der Waals surface area contributed by atoms with Gasteiger partial charge in [-0.15, -0.1) is 11.3 Å². The summed E-state index contributed by atoms with van der Waals surface area (Å²) in [5.41, 5.74) is 3.48. The van der Waals surface area contributed by atoms with Gasteiger partial charge in [0, 0.05) is 18.3 Å². The lowest BCUT2D eigenvalue weighted by molar-refractivity contribution is -0.115. The Morgan fingerprint density at radius 3 is 2.70 bits per heavy atom. The Kier molecular flexibility index (Phi) is 7.59. The molecule has 1 aromatic carbocycles. The molecule has 27 heavy (non-hydrogen) atoms. The Labute approximate surface area is 175 Å². The third-order valence-electron chi connectivity index (χ3n) is 4.09. The summed E-state index contributed by atoms with van der Waals surface area (Å²) in [5.74, 6) is -0.133. The quantitative estimate of drug-likeness (QED) is 0.648. The zero-order valence-electron chi connectivity index (χ0n) is 16.2. The lowest BCUT2D eigenvalue weighted by Crippen LogP contribution is -2.39. The first-order valence-corrected chi connectivity index (χ1v) is 10.5. The van der Waals surface area contributed by atoms with E-state index in [1.165, 1.54) is 18.3 Å². The maximum atomic E-state index is 12.4. The minimum absolute atomic E-state index is 0.133. The van der Waals surface area contributed by atoms with Crippen molar-refractivity contribution in [1.82, 2.24) is 15.6 Å². The van der Waals surface area contributed by atoms with Crippen molar-refractivity contribution in [2.75, 3.05) is 4.90 Å². The van der Waals surface area contributed by atoms with Crippen LogP contribution in [-0.2, 0) is 11.3 Å². The zero-order chi connectivity index (χ0) is 20.1. The summed E-state index contributed by atoms with van der Waals surface area (Å²) in [6.45, 7) is 10.1. The first-order chi connectivity index (χ1) is 12.7. The molecule has 1 atom stereocenters. The van der Waals surface area contributed by atoms with Gasteiger partial charge in [-0.3, -0.25) is 9.69 Å². The molecule has 0 saturated carbocycles. The van der Waals surface area contributed by atoms with Crippen LogP contribution < -0.4 is 15.5 Å². The lowest BCUT2D eigenvalue weighted by atomic mass is 10.1. The summed E-state index contributed by atoms with van der Waals surface area (Å²) in [4.78, 5) is 18.5. The van der Waals surface area contributed by atoms with Gasteiger partial charge in [-0.1, -0.05) is 24.6 Å². The number of aryl methyl sites for hydroxylation is 2. The Balaban J connectivity index is 2.19. The fraction of sp³-hybridized carbons (Fsp3) is 0.421. The minimum Gasteiger partial charge on any atom is -0.360 e. The number of nitrogens with zero attached hydrogens (tertiary/aromatic N) is 2. The van der Waals surface area contributed by atoms with E-state index in [0.29, 0.717) is 33.5 Å². The van der Waals surface area contributed by atoms with Crippen molar-refractivity contribution in [3.8, 4) is 0 Å². The molecule has 2 N–H and O–H groups in total. The molecule has 0 fully saturated rings. The van der Waals surface area contributed by atoms with E-state index in [1.54, 1.807) is 4.90 Å². The van der Waals surface area contributed by atoms with E-state index in [1.807, 2.05) is 31.4 Å². The molecule has 1 heterocycles. The van der Waals surface area contributed by atoms with Crippen LogP contribution in [0.1, 0.15) is 44.0 Å².